The second kappa shape index (κ2) is 7.08. The number of alkyl halides is 3. The van der Waals surface area contributed by atoms with Crippen molar-refractivity contribution in [3.05, 3.63) is 41.3 Å². The van der Waals surface area contributed by atoms with Gasteiger partial charge in [0.1, 0.15) is 0 Å². The molecular weight excluding hydrogens is 393 g/mol. The van der Waals surface area contributed by atoms with Crippen LogP contribution in [0.2, 0.25) is 5.02 Å². The first kappa shape index (κ1) is 18.4. The fraction of sp³-hybridized carbons (Fsp3) is 0.214. The summed E-state index contributed by atoms with van der Waals surface area (Å²) in [5.74, 6) is -0.311. The van der Waals surface area contributed by atoms with Crippen LogP contribution in [0, 0.1) is 0 Å². The number of rotatable bonds is 4. The minimum absolute atomic E-state index is 0.0705. The summed E-state index contributed by atoms with van der Waals surface area (Å²) in [6, 6.07) is 2.38. The van der Waals surface area contributed by atoms with E-state index in [1.54, 1.807) is 13.0 Å². The maximum Gasteiger partial charge on any atom is 0.417 e. The van der Waals surface area contributed by atoms with Crippen molar-refractivity contribution in [3.63, 3.8) is 0 Å². The summed E-state index contributed by atoms with van der Waals surface area (Å²) in [5, 5.41) is 9.32. The molecule has 0 saturated heterocycles. The number of amides is 1. The Morgan fingerprint density at radius 3 is 2.65 bits per heavy atom. The molecule has 1 N–H and O–H groups in total. The average Bonchev–Trinajstić information content (AvgIpc) is 2.98. The summed E-state index contributed by atoms with van der Waals surface area (Å²) in [5.41, 5.74) is -0.868. The smallest absolute Gasteiger partial charge is 0.294 e. The van der Waals surface area contributed by atoms with Crippen LogP contribution in [0.25, 0.3) is 5.65 Å². The highest BCUT2D eigenvalue weighted by molar-refractivity contribution is 8.00. The molecule has 1 amide bonds. The first-order chi connectivity index (χ1) is 12.3. The minimum Gasteiger partial charge on any atom is -0.294 e. The Hall–Kier alpha value is -2.40. The van der Waals surface area contributed by atoms with E-state index in [0.29, 0.717) is 0 Å². The fourth-order valence-corrected chi connectivity index (χ4v) is 3.03. The molecule has 0 bridgehead atoms. The number of thioether (sulfide) groups is 1. The lowest BCUT2D eigenvalue weighted by Crippen LogP contribution is -2.23. The van der Waals surface area contributed by atoms with Crippen LogP contribution in [-0.2, 0) is 11.0 Å². The van der Waals surface area contributed by atoms with E-state index in [-0.39, 0.29) is 21.8 Å². The lowest BCUT2D eigenvalue weighted by molar-refractivity contribution is -0.137. The topological polar surface area (TPSA) is 85.1 Å². The van der Waals surface area contributed by atoms with Crippen molar-refractivity contribution < 1.29 is 18.0 Å². The van der Waals surface area contributed by atoms with E-state index < -0.39 is 22.9 Å². The van der Waals surface area contributed by atoms with Gasteiger partial charge in [-0.05, 0) is 19.1 Å². The van der Waals surface area contributed by atoms with Crippen LogP contribution in [0.3, 0.4) is 0 Å². The normalized spacial score (nSPS) is 13.0. The molecule has 0 fully saturated rings. The third-order valence-electron chi connectivity index (χ3n) is 3.21. The lowest BCUT2D eigenvalue weighted by atomic mass is 10.3. The number of carbonyl (C=O) groups excluding carboxylic acids is 1. The monoisotopic (exact) mass is 402 g/mol. The highest BCUT2D eigenvalue weighted by Crippen LogP contribution is 2.33. The molecule has 0 spiro atoms. The van der Waals surface area contributed by atoms with Crippen LogP contribution in [-0.4, -0.2) is 35.7 Å². The molecule has 3 aromatic rings. The number of fused-ring (bicyclic) bond motifs is 1. The average molecular weight is 403 g/mol. The van der Waals surface area contributed by atoms with Crippen molar-refractivity contribution in [2.24, 2.45) is 0 Å². The third-order valence-corrected chi connectivity index (χ3v) is 4.54. The lowest BCUT2D eigenvalue weighted by Gasteiger charge is -2.11. The van der Waals surface area contributed by atoms with Gasteiger partial charge in [-0.3, -0.25) is 14.5 Å². The number of anilines is 1. The Morgan fingerprint density at radius 2 is 2.00 bits per heavy atom. The van der Waals surface area contributed by atoms with Crippen LogP contribution in [0.1, 0.15) is 12.5 Å². The van der Waals surface area contributed by atoms with E-state index in [9.17, 15) is 18.0 Å². The third kappa shape index (κ3) is 3.88. The highest BCUT2D eigenvalue weighted by atomic mass is 35.5. The van der Waals surface area contributed by atoms with Crippen LogP contribution < -0.4 is 5.32 Å². The zero-order valence-corrected chi connectivity index (χ0v) is 14.6. The van der Waals surface area contributed by atoms with Crippen LogP contribution >= 0.6 is 23.4 Å². The van der Waals surface area contributed by atoms with Gasteiger partial charge in [0, 0.05) is 18.6 Å². The summed E-state index contributed by atoms with van der Waals surface area (Å²) in [7, 11) is 0. The first-order valence-corrected chi connectivity index (χ1v) is 8.37. The molecule has 0 aromatic carbocycles. The molecule has 0 aliphatic rings. The molecular formula is C14H10ClF3N6OS. The van der Waals surface area contributed by atoms with E-state index in [1.807, 2.05) is 0 Å². The van der Waals surface area contributed by atoms with E-state index in [4.69, 9.17) is 11.6 Å². The number of nitrogens with zero attached hydrogens (tertiary/aromatic N) is 5. The Bertz CT molecular complexity index is 949. The van der Waals surface area contributed by atoms with Gasteiger partial charge < -0.3 is 0 Å². The number of carbonyl (C=O) groups is 1. The van der Waals surface area contributed by atoms with Crippen molar-refractivity contribution >= 4 is 40.9 Å². The quantitative estimate of drug-likeness (QED) is 0.674. The van der Waals surface area contributed by atoms with Gasteiger partial charge in [-0.2, -0.15) is 13.2 Å². The van der Waals surface area contributed by atoms with Gasteiger partial charge in [-0.15, -0.1) is 10.2 Å². The van der Waals surface area contributed by atoms with Crippen molar-refractivity contribution in [2.45, 2.75) is 23.5 Å². The number of nitrogens with one attached hydrogen (secondary N) is 1. The van der Waals surface area contributed by atoms with Crippen LogP contribution in [0.15, 0.2) is 35.9 Å². The molecule has 3 rings (SSSR count). The molecule has 0 aliphatic heterocycles. The molecule has 7 nitrogen and oxygen atoms in total. The molecule has 3 heterocycles. The standard InChI is InChI=1S/C14H10ClF3N6OS/c1-7(11(25)21-12-19-3-2-4-20-12)26-13-23-22-10-9(15)5-8(6-24(10)13)14(16,17)18/h2-7H,1H3,(H,19,20,21,25). The van der Waals surface area contributed by atoms with Gasteiger partial charge in [-0.25, -0.2) is 9.97 Å². The zero-order chi connectivity index (χ0) is 18.9. The van der Waals surface area contributed by atoms with Gasteiger partial charge >= 0.3 is 6.18 Å². The van der Waals surface area contributed by atoms with E-state index in [1.165, 1.54) is 12.4 Å². The van der Waals surface area contributed by atoms with E-state index >= 15 is 0 Å². The second-order valence-corrected chi connectivity index (χ2v) is 6.79. The Labute approximate surface area is 154 Å². The Kier molecular flexibility index (Phi) is 5.01. The molecule has 1 atom stereocenters. The SMILES string of the molecule is CC(Sc1nnc2c(Cl)cc(C(F)(F)F)cn12)C(=O)Nc1ncccn1. The highest BCUT2D eigenvalue weighted by Gasteiger charge is 2.32. The summed E-state index contributed by atoms with van der Waals surface area (Å²) in [6.45, 7) is 1.57. The van der Waals surface area contributed by atoms with Gasteiger partial charge in [0.15, 0.2) is 10.8 Å². The summed E-state index contributed by atoms with van der Waals surface area (Å²) < 4.78 is 40.0. The predicted octanol–water partition coefficient (Wildman–Crippen LogP) is 3.31. The Morgan fingerprint density at radius 1 is 1.31 bits per heavy atom. The Balaban J connectivity index is 1.84. The van der Waals surface area contributed by atoms with Gasteiger partial charge in [0.05, 0.1) is 15.8 Å². The van der Waals surface area contributed by atoms with Gasteiger partial charge in [-0.1, -0.05) is 23.4 Å². The van der Waals surface area contributed by atoms with E-state index in [2.05, 4.69) is 25.5 Å². The predicted molar refractivity (Wildman–Crippen MR) is 89.0 cm³/mol. The molecule has 12 heteroatoms. The van der Waals surface area contributed by atoms with Crippen molar-refractivity contribution in [2.75, 3.05) is 5.32 Å². The summed E-state index contributed by atoms with van der Waals surface area (Å²) in [4.78, 5) is 19.9. The number of hydrogen-bond acceptors (Lipinski definition) is 6. The van der Waals surface area contributed by atoms with Gasteiger partial charge in [0.25, 0.3) is 0 Å². The fourth-order valence-electron chi connectivity index (χ4n) is 1.96. The van der Waals surface area contributed by atoms with Crippen molar-refractivity contribution in [1.82, 2.24) is 24.6 Å². The minimum atomic E-state index is -4.57. The van der Waals surface area contributed by atoms with Gasteiger partial charge in [0.2, 0.25) is 11.9 Å². The zero-order valence-electron chi connectivity index (χ0n) is 13.0. The molecule has 1 unspecified atom stereocenters. The number of hydrogen-bond donors (Lipinski definition) is 1. The number of aromatic nitrogens is 5. The molecule has 136 valence electrons. The largest absolute Gasteiger partial charge is 0.417 e. The molecule has 0 saturated carbocycles. The van der Waals surface area contributed by atoms with Crippen LogP contribution in [0.4, 0.5) is 19.1 Å². The molecule has 26 heavy (non-hydrogen) atoms. The van der Waals surface area contributed by atoms with Crippen molar-refractivity contribution in [3.8, 4) is 0 Å². The molecule has 0 radical (unpaired) electrons. The molecule has 0 aliphatic carbocycles. The maximum atomic E-state index is 13.0. The second-order valence-electron chi connectivity index (χ2n) is 5.07. The summed E-state index contributed by atoms with van der Waals surface area (Å²) >= 11 is 6.79. The van der Waals surface area contributed by atoms with E-state index in [0.717, 1.165) is 28.4 Å². The maximum absolute atomic E-state index is 13.0. The van der Waals surface area contributed by atoms with Crippen LogP contribution in [0.5, 0.6) is 0 Å². The first-order valence-electron chi connectivity index (χ1n) is 7.11. The molecule has 3 aromatic heterocycles. The number of halogens is 4. The summed E-state index contributed by atoms with van der Waals surface area (Å²) in [6.07, 6.45) is -0.799. The number of pyridine rings is 1. The van der Waals surface area contributed by atoms with Crippen molar-refractivity contribution in [1.29, 1.82) is 0 Å².